The standard InChI is InChI=1S/C20H27NO3.C11H23NO5.C10H18O5/c22-12-14-24-16-15-23-13-11-21(17-19-7-3-1-4-8-19)18-20-9-5-2-6-10-20;1-11(2,3)17-10(14)12-4-6-15-8-9-16-7-5-13;1-9(2,3)14-7(11)13-8(12)15-10(4,5)6/h1-10,22H,11-18H2;13H,4-9H2,1-3H3,(H,12,14);1-6H3. The van der Waals surface area contributed by atoms with Gasteiger partial charge in [0, 0.05) is 26.2 Å². The number of carbonyl (C=O) groups is 3. The van der Waals surface area contributed by atoms with E-state index in [1.165, 1.54) is 11.1 Å². The quantitative estimate of drug-likeness (QED) is 0.0603. The van der Waals surface area contributed by atoms with Crippen LogP contribution in [0.1, 0.15) is 73.4 Å². The molecule has 0 unspecified atom stereocenters. The highest BCUT2D eigenvalue weighted by Gasteiger charge is 2.24. The molecule has 2 aromatic rings. The second-order valence-electron chi connectivity index (χ2n) is 15.0. The van der Waals surface area contributed by atoms with Gasteiger partial charge in [0.15, 0.2) is 0 Å². The lowest BCUT2D eigenvalue weighted by Crippen LogP contribution is -2.34. The van der Waals surface area contributed by atoms with Crippen molar-refractivity contribution in [3.05, 3.63) is 71.8 Å². The monoisotopic (exact) mass is 796 g/mol. The lowest BCUT2D eigenvalue weighted by atomic mass is 10.1. The third-order valence-electron chi connectivity index (χ3n) is 6.13. The van der Waals surface area contributed by atoms with Crippen molar-refractivity contribution >= 4 is 18.4 Å². The molecule has 0 radical (unpaired) electrons. The molecule has 1 amide bonds. The van der Waals surface area contributed by atoms with Gasteiger partial charge < -0.3 is 53.4 Å². The number of hydrogen-bond acceptors (Lipinski definition) is 14. The molecule has 320 valence electrons. The van der Waals surface area contributed by atoms with Gasteiger partial charge in [-0.3, -0.25) is 4.90 Å². The van der Waals surface area contributed by atoms with E-state index in [4.69, 9.17) is 43.4 Å². The van der Waals surface area contributed by atoms with E-state index in [-0.39, 0.29) is 13.2 Å². The molecule has 0 aliphatic heterocycles. The predicted octanol–water partition coefficient (Wildman–Crippen LogP) is 6.12. The van der Waals surface area contributed by atoms with E-state index in [1.54, 1.807) is 41.5 Å². The normalized spacial score (nSPS) is 11.4. The van der Waals surface area contributed by atoms with E-state index < -0.39 is 35.2 Å². The third kappa shape index (κ3) is 35.8. The number of nitrogens with one attached hydrogen (secondary N) is 1. The van der Waals surface area contributed by atoms with E-state index >= 15 is 0 Å². The van der Waals surface area contributed by atoms with Crippen LogP contribution < -0.4 is 5.32 Å². The zero-order valence-electron chi connectivity index (χ0n) is 35.0. The Kier molecular flexibility index (Phi) is 28.3. The summed E-state index contributed by atoms with van der Waals surface area (Å²) in [6.45, 7) is 22.3. The van der Waals surface area contributed by atoms with Crippen molar-refractivity contribution in [2.75, 3.05) is 79.2 Å². The molecule has 56 heavy (non-hydrogen) atoms. The van der Waals surface area contributed by atoms with Crippen LogP contribution >= 0.6 is 0 Å². The van der Waals surface area contributed by atoms with Crippen molar-refractivity contribution in [3.8, 4) is 0 Å². The average Bonchev–Trinajstić information content (AvgIpc) is 3.08. The number of alkyl carbamates (subject to hydrolysis) is 1. The molecule has 15 nitrogen and oxygen atoms in total. The summed E-state index contributed by atoms with van der Waals surface area (Å²) in [5.74, 6) is 0. The van der Waals surface area contributed by atoms with Crippen LogP contribution in [0.3, 0.4) is 0 Å². The summed E-state index contributed by atoms with van der Waals surface area (Å²) < 4.78 is 39.8. The fourth-order valence-corrected chi connectivity index (χ4v) is 4.01. The first-order valence-electron chi connectivity index (χ1n) is 18.8. The number of benzene rings is 2. The Balaban J connectivity index is 0.000000843. The highest BCUT2D eigenvalue weighted by atomic mass is 16.8. The topological polar surface area (TPSA) is 181 Å². The maximum Gasteiger partial charge on any atom is 0.519 e. The summed E-state index contributed by atoms with van der Waals surface area (Å²) in [4.78, 5) is 35.6. The second kappa shape index (κ2) is 30.3. The molecule has 0 saturated heterocycles. The van der Waals surface area contributed by atoms with Gasteiger partial charge in [-0.25, -0.2) is 14.4 Å². The van der Waals surface area contributed by atoms with Crippen molar-refractivity contribution in [3.63, 3.8) is 0 Å². The minimum absolute atomic E-state index is 0.0141. The largest absolute Gasteiger partial charge is 0.519 e. The first kappa shape index (κ1) is 52.2. The van der Waals surface area contributed by atoms with Crippen LogP contribution in [-0.2, 0) is 51.0 Å². The number of rotatable bonds is 20. The molecule has 0 saturated carbocycles. The smallest absolute Gasteiger partial charge is 0.444 e. The zero-order chi connectivity index (χ0) is 42.3. The molecule has 0 fully saturated rings. The zero-order valence-corrected chi connectivity index (χ0v) is 35.0. The Hall–Kier alpha value is -3.83. The number of aliphatic hydroxyl groups excluding tert-OH is 2. The summed E-state index contributed by atoms with van der Waals surface area (Å²) in [6, 6.07) is 21.0. The van der Waals surface area contributed by atoms with Crippen molar-refractivity contribution in [2.24, 2.45) is 0 Å². The van der Waals surface area contributed by atoms with Gasteiger partial charge in [-0.2, -0.15) is 0 Å². The Labute approximate surface area is 333 Å². The second-order valence-corrected chi connectivity index (χ2v) is 15.0. The Morgan fingerprint density at radius 2 is 0.911 bits per heavy atom. The van der Waals surface area contributed by atoms with Gasteiger partial charge in [0.2, 0.25) is 0 Å². The van der Waals surface area contributed by atoms with Crippen LogP contribution in [0.15, 0.2) is 60.7 Å². The van der Waals surface area contributed by atoms with E-state index in [1.807, 2.05) is 32.9 Å². The molecule has 2 aromatic carbocycles. The molecule has 3 N–H and O–H groups in total. The minimum atomic E-state index is -1.06. The highest BCUT2D eigenvalue weighted by Crippen LogP contribution is 2.12. The summed E-state index contributed by atoms with van der Waals surface area (Å²) in [5.41, 5.74) is 0.737. The van der Waals surface area contributed by atoms with Crippen LogP contribution in [0.5, 0.6) is 0 Å². The van der Waals surface area contributed by atoms with Gasteiger partial charge in [-0.1, -0.05) is 60.7 Å². The Morgan fingerprint density at radius 1 is 0.536 bits per heavy atom. The Bertz CT molecular complexity index is 1210. The maximum absolute atomic E-state index is 11.2. The summed E-state index contributed by atoms with van der Waals surface area (Å²) in [7, 11) is 0. The van der Waals surface area contributed by atoms with Crippen LogP contribution in [0, 0.1) is 0 Å². The van der Waals surface area contributed by atoms with Crippen LogP contribution in [0.25, 0.3) is 0 Å². The van der Waals surface area contributed by atoms with Crippen LogP contribution in [0.4, 0.5) is 14.4 Å². The lowest BCUT2D eigenvalue weighted by molar-refractivity contribution is -0.0294. The molecule has 2 rings (SSSR count). The highest BCUT2D eigenvalue weighted by molar-refractivity contribution is 5.77. The molecule has 0 atom stereocenters. The fraction of sp³-hybridized carbons (Fsp3) is 0.634. The first-order valence-corrected chi connectivity index (χ1v) is 18.8. The van der Waals surface area contributed by atoms with Crippen molar-refractivity contribution in [2.45, 2.75) is 92.2 Å². The summed E-state index contributed by atoms with van der Waals surface area (Å²) in [6.07, 6.45) is -2.56. The van der Waals surface area contributed by atoms with Gasteiger partial charge >= 0.3 is 18.4 Å². The summed E-state index contributed by atoms with van der Waals surface area (Å²) >= 11 is 0. The molecule has 0 aliphatic carbocycles. The third-order valence-corrected chi connectivity index (χ3v) is 6.13. The van der Waals surface area contributed by atoms with E-state index in [2.05, 4.69) is 63.5 Å². The molecular formula is C41H68N2O13. The van der Waals surface area contributed by atoms with Gasteiger partial charge in [0.25, 0.3) is 0 Å². The minimum Gasteiger partial charge on any atom is -0.444 e. The molecule has 15 heteroatoms. The van der Waals surface area contributed by atoms with Gasteiger partial charge in [-0.05, 0) is 73.4 Å². The number of nitrogens with zero attached hydrogens (tertiary/aromatic N) is 1. The van der Waals surface area contributed by atoms with Crippen molar-refractivity contribution in [1.29, 1.82) is 0 Å². The molecule has 0 spiro atoms. The first-order chi connectivity index (χ1) is 26.3. The van der Waals surface area contributed by atoms with Crippen molar-refractivity contribution < 1.29 is 62.5 Å². The maximum atomic E-state index is 11.2. The van der Waals surface area contributed by atoms with Crippen molar-refractivity contribution in [1.82, 2.24) is 10.2 Å². The van der Waals surface area contributed by atoms with E-state index in [9.17, 15) is 14.4 Å². The van der Waals surface area contributed by atoms with Crippen LogP contribution in [-0.4, -0.2) is 129 Å². The predicted molar refractivity (Wildman–Crippen MR) is 212 cm³/mol. The van der Waals surface area contributed by atoms with E-state index in [0.29, 0.717) is 59.4 Å². The van der Waals surface area contributed by atoms with Gasteiger partial charge in [0.05, 0.1) is 66.1 Å². The Morgan fingerprint density at radius 3 is 1.29 bits per heavy atom. The molecule has 0 aromatic heterocycles. The van der Waals surface area contributed by atoms with Crippen LogP contribution in [0.2, 0.25) is 0 Å². The molecule has 0 bridgehead atoms. The molecule has 0 aliphatic rings. The van der Waals surface area contributed by atoms with Gasteiger partial charge in [-0.15, -0.1) is 0 Å². The average molecular weight is 797 g/mol. The number of aliphatic hydroxyl groups is 2. The number of hydrogen-bond donors (Lipinski definition) is 3. The molecular weight excluding hydrogens is 728 g/mol. The van der Waals surface area contributed by atoms with E-state index in [0.717, 1.165) is 19.6 Å². The number of ether oxygens (including phenoxy) is 8. The molecule has 0 heterocycles. The number of amides is 1. The summed E-state index contributed by atoms with van der Waals surface area (Å²) in [5, 5.41) is 19.7. The number of carbonyl (C=O) groups excluding carboxylic acids is 3. The fourth-order valence-electron chi connectivity index (χ4n) is 4.01. The lowest BCUT2D eigenvalue weighted by Gasteiger charge is -2.22. The van der Waals surface area contributed by atoms with Gasteiger partial charge in [0.1, 0.15) is 16.8 Å². The SMILES string of the molecule is CC(C)(C)OC(=O)NCCOCCOCCO.CC(C)(C)OC(=O)OC(=O)OC(C)(C)C.OCCOCCOCCN(Cc1ccccc1)Cc1ccccc1.